The number of hydrogen-bond acceptors (Lipinski definition) is 6. The standard InChI is InChI=1S/C22H34N2O5/c1-22(2,3)29-21(26)23-11-9-17(10-12-23)19-14-24(20(25)15-28-19)13-16-5-7-18(27-4)8-6-16/h5-8,17,19-20,25H,9-15H2,1-4H3. The molecule has 1 N–H and O–H groups in total. The molecule has 3 rings (SSSR count). The minimum Gasteiger partial charge on any atom is -0.497 e. The van der Waals surface area contributed by atoms with Crippen molar-refractivity contribution < 1.29 is 24.1 Å². The molecular weight excluding hydrogens is 372 g/mol. The highest BCUT2D eigenvalue weighted by molar-refractivity contribution is 5.68. The zero-order valence-electron chi connectivity index (χ0n) is 18.0. The van der Waals surface area contributed by atoms with Gasteiger partial charge in [-0.15, -0.1) is 0 Å². The van der Waals surface area contributed by atoms with E-state index in [9.17, 15) is 9.90 Å². The third kappa shape index (κ3) is 6.07. The van der Waals surface area contributed by atoms with Gasteiger partial charge in [0.15, 0.2) is 0 Å². The highest BCUT2D eigenvalue weighted by Gasteiger charge is 2.35. The Morgan fingerprint density at radius 1 is 1.21 bits per heavy atom. The predicted molar refractivity (Wildman–Crippen MR) is 110 cm³/mol. The van der Waals surface area contributed by atoms with Crippen LogP contribution in [0.15, 0.2) is 24.3 Å². The van der Waals surface area contributed by atoms with Gasteiger partial charge in [0.05, 0.1) is 19.8 Å². The molecule has 29 heavy (non-hydrogen) atoms. The first-order chi connectivity index (χ1) is 13.7. The smallest absolute Gasteiger partial charge is 0.410 e. The van der Waals surface area contributed by atoms with Crippen LogP contribution in [-0.4, -0.2) is 72.3 Å². The molecule has 7 nitrogen and oxygen atoms in total. The van der Waals surface area contributed by atoms with E-state index in [4.69, 9.17) is 14.2 Å². The molecule has 0 bridgehead atoms. The lowest BCUT2D eigenvalue weighted by Crippen LogP contribution is -2.53. The Labute approximate surface area is 173 Å². The van der Waals surface area contributed by atoms with E-state index in [1.54, 1.807) is 12.0 Å². The van der Waals surface area contributed by atoms with Crippen molar-refractivity contribution in [2.45, 2.75) is 58.1 Å². The summed E-state index contributed by atoms with van der Waals surface area (Å²) in [6.45, 7) is 8.68. The number of aliphatic hydroxyl groups excluding tert-OH is 1. The molecule has 0 aromatic heterocycles. The molecule has 0 radical (unpaired) electrons. The number of amides is 1. The number of morpholine rings is 1. The number of piperidine rings is 1. The van der Waals surface area contributed by atoms with E-state index in [2.05, 4.69) is 4.90 Å². The number of hydrogen-bond donors (Lipinski definition) is 1. The third-order valence-corrected chi connectivity index (χ3v) is 5.56. The van der Waals surface area contributed by atoms with Gasteiger partial charge in [0.25, 0.3) is 0 Å². The highest BCUT2D eigenvalue weighted by atomic mass is 16.6. The summed E-state index contributed by atoms with van der Waals surface area (Å²) in [7, 11) is 1.65. The van der Waals surface area contributed by atoms with Crippen LogP contribution in [0.3, 0.4) is 0 Å². The Morgan fingerprint density at radius 3 is 2.45 bits per heavy atom. The van der Waals surface area contributed by atoms with Gasteiger partial charge >= 0.3 is 6.09 Å². The van der Waals surface area contributed by atoms with E-state index in [1.165, 1.54) is 0 Å². The second-order valence-corrected chi connectivity index (χ2v) is 8.93. The molecule has 2 heterocycles. The summed E-state index contributed by atoms with van der Waals surface area (Å²) < 4.78 is 16.7. The van der Waals surface area contributed by atoms with Crippen molar-refractivity contribution in [3.8, 4) is 5.75 Å². The summed E-state index contributed by atoms with van der Waals surface area (Å²) in [5, 5.41) is 10.4. The molecule has 2 fully saturated rings. The largest absolute Gasteiger partial charge is 0.497 e. The Kier molecular flexibility index (Phi) is 7.03. The molecule has 1 aromatic rings. The van der Waals surface area contributed by atoms with Crippen LogP contribution in [0.5, 0.6) is 5.75 Å². The SMILES string of the molecule is COc1ccc(CN2CC(C3CCN(C(=O)OC(C)(C)C)CC3)OCC2O)cc1. The van der Waals surface area contributed by atoms with Gasteiger partial charge in [-0.2, -0.15) is 0 Å². The number of likely N-dealkylation sites (tertiary alicyclic amines) is 1. The maximum absolute atomic E-state index is 12.3. The number of nitrogens with zero attached hydrogens (tertiary/aromatic N) is 2. The molecule has 0 spiro atoms. The highest BCUT2D eigenvalue weighted by Crippen LogP contribution is 2.28. The van der Waals surface area contributed by atoms with Gasteiger partial charge in [0, 0.05) is 26.2 Å². The second kappa shape index (κ2) is 9.32. The first-order valence-electron chi connectivity index (χ1n) is 10.4. The fourth-order valence-electron chi connectivity index (χ4n) is 3.92. The lowest BCUT2D eigenvalue weighted by molar-refractivity contribution is -0.160. The Bertz CT molecular complexity index is 665. The van der Waals surface area contributed by atoms with E-state index < -0.39 is 11.8 Å². The Balaban J connectivity index is 1.52. The van der Waals surface area contributed by atoms with Crippen molar-refractivity contribution in [2.75, 3.05) is 33.4 Å². The summed E-state index contributed by atoms with van der Waals surface area (Å²) in [5.41, 5.74) is 0.656. The number of methoxy groups -OCH3 is 1. The maximum atomic E-state index is 12.3. The zero-order valence-corrected chi connectivity index (χ0v) is 18.0. The van der Waals surface area contributed by atoms with E-state index in [0.717, 1.165) is 24.2 Å². The quantitative estimate of drug-likeness (QED) is 0.829. The molecule has 2 atom stereocenters. The van der Waals surface area contributed by atoms with Crippen molar-refractivity contribution >= 4 is 6.09 Å². The number of aliphatic hydroxyl groups is 1. The molecule has 2 aliphatic rings. The lowest BCUT2D eigenvalue weighted by Gasteiger charge is -2.42. The van der Waals surface area contributed by atoms with Gasteiger partial charge in [-0.05, 0) is 57.2 Å². The van der Waals surface area contributed by atoms with Crippen molar-refractivity contribution in [3.05, 3.63) is 29.8 Å². The van der Waals surface area contributed by atoms with Crippen LogP contribution in [0, 0.1) is 5.92 Å². The summed E-state index contributed by atoms with van der Waals surface area (Å²) in [4.78, 5) is 16.1. The number of benzene rings is 1. The van der Waals surface area contributed by atoms with E-state index in [0.29, 0.717) is 38.7 Å². The molecular formula is C22H34N2O5. The Morgan fingerprint density at radius 2 is 1.86 bits per heavy atom. The molecule has 0 aliphatic carbocycles. The fraction of sp³-hybridized carbons (Fsp3) is 0.682. The van der Waals surface area contributed by atoms with E-state index in [1.807, 2.05) is 45.0 Å². The van der Waals surface area contributed by atoms with Crippen molar-refractivity contribution in [1.29, 1.82) is 0 Å². The van der Waals surface area contributed by atoms with Gasteiger partial charge in [-0.3, -0.25) is 4.90 Å². The molecule has 1 amide bonds. The average molecular weight is 407 g/mol. The number of carbonyl (C=O) groups excluding carboxylic acids is 1. The van der Waals surface area contributed by atoms with Gasteiger partial charge in [-0.1, -0.05) is 12.1 Å². The molecule has 7 heteroatoms. The Hall–Kier alpha value is -1.83. The minimum absolute atomic E-state index is 0.0671. The monoisotopic (exact) mass is 406 g/mol. The molecule has 2 saturated heterocycles. The van der Waals surface area contributed by atoms with Crippen LogP contribution in [0.25, 0.3) is 0 Å². The van der Waals surface area contributed by atoms with Gasteiger partial charge in [-0.25, -0.2) is 4.79 Å². The number of carbonyl (C=O) groups is 1. The van der Waals surface area contributed by atoms with Gasteiger partial charge in [0.2, 0.25) is 0 Å². The number of ether oxygens (including phenoxy) is 3. The normalized spacial score (nSPS) is 24.4. The second-order valence-electron chi connectivity index (χ2n) is 8.93. The van der Waals surface area contributed by atoms with Crippen LogP contribution in [0.4, 0.5) is 4.79 Å². The van der Waals surface area contributed by atoms with Gasteiger partial charge in [0.1, 0.15) is 17.6 Å². The van der Waals surface area contributed by atoms with Crippen LogP contribution in [0.1, 0.15) is 39.2 Å². The predicted octanol–water partition coefficient (Wildman–Crippen LogP) is 2.86. The first-order valence-corrected chi connectivity index (χ1v) is 10.4. The summed E-state index contributed by atoms with van der Waals surface area (Å²) in [6.07, 6.45) is 0.997. The van der Waals surface area contributed by atoms with Crippen molar-refractivity contribution in [1.82, 2.24) is 9.80 Å². The minimum atomic E-state index is -0.602. The zero-order chi connectivity index (χ0) is 21.0. The molecule has 2 aliphatic heterocycles. The average Bonchev–Trinajstić information content (AvgIpc) is 2.69. The summed E-state index contributed by atoms with van der Waals surface area (Å²) >= 11 is 0. The number of rotatable bonds is 4. The van der Waals surface area contributed by atoms with Crippen LogP contribution < -0.4 is 4.74 Å². The van der Waals surface area contributed by atoms with Crippen molar-refractivity contribution in [2.24, 2.45) is 5.92 Å². The summed E-state index contributed by atoms with van der Waals surface area (Å²) in [5.74, 6) is 1.20. The van der Waals surface area contributed by atoms with Crippen molar-refractivity contribution in [3.63, 3.8) is 0 Å². The van der Waals surface area contributed by atoms with Crippen LogP contribution in [-0.2, 0) is 16.0 Å². The topological polar surface area (TPSA) is 71.5 Å². The van der Waals surface area contributed by atoms with Crippen LogP contribution in [0.2, 0.25) is 0 Å². The first kappa shape index (κ1) is 21.9. The van der Waals surface area contributed by atoms with Gasteiger partial charge < -0.3 is 24.2 Å². The van der Waals surface area contributed by atoms with E-state index >= 15 is 0 Å². The fourth-order valence-corrected chi connectivity index (χ4v) is 3.92. The molecule has 2 unspecified atom stereocenters. The molecule has 0 saturated carbocycles. The molecule has 162 valence electrons. The molecule has 1 aromatic carbocycles. The van der Waals surface area contributed by atoms with Crippen LogP contribution >= 0.6 is 0 Å². The summed E-state index contributed by atoms with van der Waals surface area (Å²) in [6, 6.07) is 7.92. The lowest BCUT2D eigenvalue weighted by atomic mass is 9.90. The third-order valence-electron chi connectivity index (χ3n) is 5.56. The maximum Gasteiger partial charge on any atom is 0.410 e. The van der Waals surface area contributed by atoms with E-state index in [-0.39, 0.29) is 12.2 Å².